The molecule has 0 radical (unpaired) electrons. The molecule has 147 heavy (non-hydrogen) atoms. The SMILES string of the molecule is C.C.C.C[C@@H]1C[C@@H](CO)O[C@H]1n1ccc(=O)[nH]c1=O.C[C@@H]1C[C@@H](CO)O[C@H]1n1ccc(N)nc1=O.O=C(Cl)c1ccc(CO)cc1.[2H]B([3H])CSOC[C@@H]1C[C@@H](C)[C@H](n2ccc(NC(=O)c3ccc(CO)cc3)nc2=O)O1.[2H]B([3H])CSOC[C@@H]1C[C@@H](C)[C@H](n2ccc(NC(=O)c3ccc(COC(=O)CCC(=O)NC)cc3)nc2=O)O1.[2H]C([3H])OC[C@@H]1C[C@@H](C)[C@H](n2ccc(NC(=O)c3ccc(COC(=O)CCC(=O)NC)cc3)nc2=O)O1. The summed E-state index contributed by atoms with van der Waals surface area (Å²) in [6, 6.07) is 33.1. The van der Waals surface area contributed by atoms with Crippen LogP contribution < -0.4 is 66.3 Å². The van der Waals surface area contributed by atoms with E-state index in [0.717, 1.165) is 36.1 Å². The average Bonchev–Trinajstić information content (AvgIpc) is 1.67. The first-order chi connectivity index (χ1) is 71.6. The predicted molar refractivity (Wildman–Crippen MR) is 556 cm³/mol. The third-order valence-corrected chi connectivity index (χ3v) is 23.8. The lowest BCUT2D eigenvalue weighted by molar-refractivity contribution is -0.146. The Morgan fingerprint density at radius 1 is 0.463 bits per heavy atom. The molecule has 10 heterocycles. The van der Waals surface area contributed by atoms with Gasteiger partial charge in [-0.15, -0.1) is 0 Å². The van der Waals surface area contributed by atoms with Crippen molar-refractivity contribution in [3.63, 3.8) is 0 Å². The number of rotatable bonds is 38. The quantitative estimate of drug-likeness (QED) is 0.00629. The first-order valence-electron chi connectivity index (χ1n) is 49.1. The Morgan fingerprint density at radius 2 is 0.776 bits per heavy atom. The molecule has 0 saturated carbocycles. The van der Waals surface area contributed by atoms with Crippen molar-refractivity contribution in [1.29, 1.82) is 5.34 Å². The molecule has 16 atom stereocenters. The lowest BCUT2D eigenvalue weighted by atomic mass is 10.1. The number of aromatic nitrogens is 10. The van der Waals surface area contributed by atoms with Crippen LogP contribution in [0.4, 0.5) is 23.3 Å². The van der Waals surface area contributed by atoms with Crippen molar-refractivity contribution < 1.29 is 108 Å². The van der Waals surface area contributed by atoms with Crippen LogP contribution in [0.15, 0.2) is 187 Å². The minimum absolute atomic E-state index is 0. The molecule has 5 aliphatic heterocycles. The number of halogens is 1. The molecule has 798 valence electrons. The third-order valence-electron chi connectivity index (χ3n) is 22.7. The van der Waals surface area contributed by atoms with Gasteiger partial charge >= 0.3 is 40.4 Å². The molecule has 0 bridgehead atoms. The second kappa shape index (κ2) is 62.6. The van der Waals surface area contributed by atoms with Crippen LogP contribution in [0.3, 0.4) is 0 Å². The van der Waals surface area contributed by atoms with Crippen molar-refractivity contribution >= 4 is 121 Å². The molecule has 0 spiro atoms. The van der Waals surface area contributed by atoms with Gasteiger partial charge in [0.2, 0.25) is 11.8 Å². The number of H-pyrrole nitrogens is 1. The molecule has 49 heteroatoms. The Morgan fingerprint density at radius 3 is 1.08 bits per heavy atom. The summed E-state index contributed by atoms with van der Waals surface area (Å²) in [7, 11) is -0.313. The summed E-state index contributed by atoms with van der Waals surface area (Å²) in [5.41, 5.74) is 7.16. The summed E-state index contributed by atoms with van der Waals surface area (Å²) < 4.78 is 105. The molecule has 14 rings (SSSR count). The first kappa shape index (κ1) is 113. The van der Waals surface area contributed by atoms with Gasteiger partial charge in [0, 0.05) is 123 Å². The molecular weight excluding hydrogens is 1970 g/mol. The maximum Gasteiger partial charge on any atom is 0.351 e. The molecule has 9 aromatic rings. The summed E-state index contributed by atoms with van der Waals surface area (Å²) in [4.78, 5) is 183. The van der Waals surface area contributed by atoms with Crippen LogP contribution in [0.2, 0.25) is 0 Å². The summed E-state index contributed by atoms with van der Waals surface area (Å²) in [6.45, 7) is 10.3. The fraction of sp³-hybridized carbons (Fsp3) is 0.469. The number of anilines is 4. The smallest absolute Gasteiger partial charge is 0.351 e. The zero-order valence-electron chi connectivity index (χ0n) is 85.9. The molecule has 1 unspecified atom stereocenters. The van der Waals surface area contributed by atoms with E-state index in [-0.39, 0.29) is 214 Å². The fourth-order valence-electron chi connectivity index (χ4n) is 15.3. The predicted octanol–water partition coefficient (Wildman–Crippen LogP) is 6.71. The number of nitrogen functional groups attached to an aromatic ring is 1. The molecule has 44 nitrogen and oxygen atoms in total. The lowest BCUT2D eigenvalue weighted by Gasteiger charge is -2.18. The normalized spacial score (nSPS) is 21.4. The molecule has 5 aliphatic rings. The number of hydrogen-bond acceptors (Lipinski definition) is 35. The number of aliphatic hydroxyl groups is 4. The summed E-state index contributed by atoms with van der Waals surface area (Å²) in [5.74, 6) is -1.95. The Balaban J connectivity index is 0.000000292. The lowest BCUT2D eigenvalue weighted by Crippen LogP contribution is -2.33. The number of hydrogen-bond donors (Lipinski definition) is 11. The second-order valence-electron chi connectivity index (χ2n) is 33.6. The van der Waals surface area contributed by atoms with Gasteiger partial charge in [0.25, 0.3) is 28.5 Å². The van der Waals surface area contributed by atoms with Gasteiger partial charge in [-0.2, -0.15) is 19.9 Å². The number of aliphatic hydroxyl groups excluding tert-OH is 4. The summed E-state index contributed by atoms with van der Waals surface area (Å²) in [5, 5.41) is 47.9. The summed E-state index contributed by atoms with van der Waals surface area (Å²) >= 11 is 7.32. The molecule has 5 aromatic heterocycles. The van der Waals surface area contributed by atoms with Gasteiger partial charge in [0.1, 0.15) is 83.2 Å². The van der Waals surface area contributed by atoms with Crippen molar-refractivity contribution in [2.75, 3.05) is 87.2 Å². The van der Waals surface area contributed by atoms with Gasteiger partial charge in [-0.1, -0.05) is 105 Å². The van der Waals surface area contributed by atoms with Gasteiger partial charge in [-0.3, -0.25) is 71.0 Å². The third kappa shape index (κ3) is 38.3. The van der Waals surface area contributed by atoms with Crippen LogP contribution in [-0.2, 0) is 91.9 Å². The number of benzene rings is 4. The number of methoxy groups -OCH3 is 1. The highest BCUT2D eigenvalue weighted by Gasteiger charge is 2.39. The molecular formula is C98H133B2ClN16O28S2. The Kier molecular flexibility index (Phi) is 48.2. The van der Waals surface area contributed by atoms with Crippen LogP contribution in [0, 0.1) is 29.6 Å². The van der Waals surface area contributed by atoms with E-state index in [1.807, 2.05) is 34.6 Å². The van der Waals surface area contributed by atoms with Gasteiger partial charge in [0.15, 0.2) is 0 Å². The van der Waals surface area contributed by atoms with E-state index in [9.17, 15) is 67.1 Å². The zero-order valence-corrected chi connectivity index (χ0v) is 82.3. The number of carbonyl (C=O) groups is 8. The minimum Gasteiger partial charge on any atom is -0.461 e. The topological polar surface area (TPSA) is 590 Å². The van der Waals surface area contributed by atoms with Crippen molar-refractivity contribution in [3.8, 4) is 0 Å². The first-order valence-corrected chi connectivity index (χ1v) is 47.9. The highest BCUT2D eigenvalue weighted by Crippen LogP contribution is 2.38. The highest BCUT2D eigenvalue weighted by atomic mass is 35.5. The van der Waals surface area contributed by atoms with E-state index < -0.39 is 116 Å². The van der Waals surface area contributed by atoms with Gasteiger partial charge in [0.05, 0.1) is 92.4 Å². The highest BCUT2D eigenvalue weighted by molar-refractivity contribution is 7.95. The van der Waals surface area contributed by atoms with E-state index in [0.29, 0.717) is 71.2 Å². The fourth-order valence-corrected chi connectivity index (χ4v) is 16.1. The minimum atomic E-state index is -1.40. The van der Waals surface area contributed by atoms with Crippen LogP contribution in [0.5, 0.6) is 0 Å². The molecule has 0 aliphatic carbocycles. The average molecular weight is 2110 g/mol. The van der Waals surface area contributed by atoms with E-state index in [4.69, 9.17) is 92.1 Å². The van der Waals surface area contributed by atoms with E-state index in [1.54, 1.807) is 122 Å². The molecule has 5 fully saturated rings. The number of nitrogens with two attached hydrogens (primary N) is 1. The molecule has 5 saturated heterocycles. The molecule has 5 amide bonds. The van der Waals surface area contributed by atoms with Gasteiger partial charge < -0.3 is 99.0 Å². The number of esters is 2. The number of amides is 5. The Bertz CT molecular complexity index is 6320. The molecule has 12 N–H and O–H groups in total. The monoisotopic (exact) mass is 2110 g/mol. The van der Waals surface area contributed by atoms with E-state index in [1.165, 1.54) is 73.7 Å². The maximum atomic E-state index is 12.7. The van der Waals surface area contributed by atoms with E-state index in [2.05, 4.69) is 51.5 Å². The van der Waals surface area contributed by atoms with Crippen molar-refractivity contribution in [1.82, 2.24) is 58.4 Å². The number of ether oxygens (including phenoxy) is 8. The van der Waals surface area contributed by atoms with Crippen LogP contribution in [0.1, 0.15) is 212 Å². The van der Waals surface area contributed by atoms with Crippen molar-refractivity contribution in [3.05, 3.63) is 266 Å². The van der Waals surface area contributed by atoms with Gasteiger partial charge in [-0.25, -0.2) is 24.0 Å². The zero-order chi connectivity index (χ0) is 109. The standard InChI is InChI=1S/C24H31BN4O7S.C24H30N4O7.C19H24BN3O5S.C10H15N3O3.C10H14N2O4.C8H7ClO2.3CH4/c1-15-11-18(13-35-37-14-25)36-23(15)29-10-9-19(28-24(29)33)27-22(32)17-5-3-16(4-6-17)12-34-21(31)8-7-20(30)26-2;1-15-12-18(14-33-3)35-23(15)28-11-10-19(27-24(28)32)26-22(31)17-6-4-16(5-7-17)13-34-21(30)9-8-20(29)25-2;1-12-8-15(10-27-29-11-20)28-18(12)23-7-6-16(22-19(23)26)21-17(25)14-4-2-13(9-24)3-5-14;1-6-4-7(5-14)16-9(6)13-3-2-8(11)12-10(13)15;1-6-4-7(5-13)16-9(6)12-3-2-8(14)11-10(12)15;9-8(11)7-3-1-6(5-10)2-4-7;;;/h3-6,9-10,15,18,23H,7-8,11-14,25H2,1-2H3,(H,26,30)(H,27,28,32,33);4-7,10-11,15,18,23H,8-9,12-14H2,1-3H3,(H,25,29)(H,26,27,31,32);2-7,12,15,18,24H,8-11,20H2,1H3,(H,21,22,25,26);2-3,6-7,9,14H,4-5H2,1H3,(H2,11,12,15);2-3,6-7,9,13H,4-5H2,1H3,(H,11,14,15);1-4,10H,5H2;3*1H4/t2*15-,18+,23-;12-,15+,18-;2*6-,7+,9-;;;;/m11111..../s1/i25TD;3TD;20TD;;;;;;/tm;3?,15-,18+,23-;m;;;;;;. The Labute approximate surface area is 873 Å². The Hall–Kier alpha value is -12.5. The van der Waals surface area contributed by atoms with Crippen LogP contribution in [0.25, 0.3) is 0 Å². The second-order valence-corrected chi connectivity index (χ2v) is 35.6. The van der Waals surface area contributed by atoms with Gasteiger partial charge in [-0.05, 0) is 179 Å². The van der Waals surface area contributed by atoms with Crippen LogP contribution in [-0.4, -0.2) is 232 Å². The number of nitrogens with one attached hydrogen (secondary N) is 6. The van der Waals surface area contributed by atoms with Crippen LogP contribution >= 0.6 is 35.7 Å². The maximum absolute atomic E-state index is 12.7. The van der Waals surface area contributed by atoms with Crippen molar-refractivity contribution in [2.24, 2.45) is 29.6 Å². The summed E-state index contributed by atoms with van der Waals surface area (Å²) in [6.07, 6.45) is 7.46. The largest absolute Gasteiger partial charge is 0.461 e. The van der Waals surface area contributed by atoms with Crippen molar-refractivity contribution in [2.45, 2.75) is 203 Å². The van der Waals surface area contributed by atoms with E-state index >= 15 is 0 Å². The number of carbonyl (C=O) groups excluding carboxylic acids is 8. The number of nitrogens with zero attached hydrogens (tertiary/aromatic N) is 9. The number of aromatic amines is 1. The molecule has 4 aromatic carbocycles.